The molecule has 0 radical (unpaired) electrons. The van der Waals surface area contributed by atoms with Gasteiger partial charge < -0.3 is 20.3 Å². The summed E-state index contributed by atoms with van der Waals surface area (Å²) >= 11 is 0. The highest BCUT2D eigenvalue weighted by molar-refractivity contribution is 5.68. The number of nitrogens with two attached hydrogens (primary N) is 1. The summed E-state index contributed by atoms with van der Waals surface area (Å²) < 4.78 is 24.4. The Kier molecular flexibility index (Phi) is 3.66. The SMILES string of the molecule is NC(CC(=O)O)c1cc(F)c2c(c1)OCCCO2. The Hall–Kier alpha value is -1.82. The molecule has 0 saturated heterocycles. The highest BCUT2D eigenvalue weighted by Crippen LogP contribution is 2.35. The van der Waals surface area contributed by atoms with Crippen LogP contribution in [-0.2, 0) is 4.79 Å². The van der Waals surface area contributed by atoms with E-state index in [1.165, 1.54) is 12.1 Å². The number of benzene rings is 1. The minimum atomic E-state index is -1.03. The van der Waals surface area contributed by atoms with Crippen molar-refractivity contribution in [3.8, 4) is 11.5 Å². The molecule has 1 aliphatic heterocycles. The Balaban J connectivity index is 2.31. The van der Waals surface area contributed by atoms with Crippen LogP contribution in [0, 0.1) is 5.82 Å². The summed E-state index contributed by atoms with van der Waals surface area (Å²) in [5, 5.41) is 8.67. The second-order valence-electron chi connectivity index (χ2n) is 4.08. The molecule has 0 fully saturated rings. The fraction of sp³-hybridized carbons (Fsp3) is 0.417. The second-order valence-corrected chi connectivity index (χ2v) is 4.08. The lowest BCUT2D eigenvalue weighted by Crippen LogP contribution is -2.15. The van der Waals surface area contributed by atoms with E-state index in [-0.39, 0.29) is 17.9 Å². The number of carbonyl (C=O) groups is 1. The van der Waals surface area contributed by atoms with Gasteiger partial charge in [-0.05, 0) is 17.7 Å². The Bertz CT molecular complexity index is 464. The minimum Gasteiger partial charge on any atom is -0.489 e. The summed E-state index contributed by atoms with van der Waals surface area (Å²) in [5.74, 6) is -1.26. The molecule has 0 bridgehead atoms. The third kappa shape index (κ3) is 2.70. The largest absolute Gasteiger partial charge is 0.489 e. The van der Waals surface area contributed by atoms with E-state index in [2.05, 4.69) is 0 Å². The van der Waals surface area contributed by atoms with Gasteiger partial charge in [0.15, 0.2) is 17.3 Å². The number of hydrogen-bond acceptors (Lipinski definition) is 4. The summed E-state index contributed by atoms with van der Waals surface area (Å²) in [4.78, 5) is 10.6. The van der Waals surface area contributed by atoms with Gasteiger partial charge in [-0.3, -0.25) is 4.79 Å². The van der Waals surface area contributed by atoms with Crippen LogP contribution in [0.4, 0.5) is 4.39 Å². The van der Waals surface area contributed by atoms with Gasteiger partial charge in [-0.25, -0.2) is 4.39 Å². The molecule has 0 aliphatic carbocycles. The van der Waals surface area contributed by atoms with Gasteiger partial charge in [-0.2, -0.15) is 0 Å². The van der Waals surface area contributed by atoms with E-state index >= 15 is 0 Å². The molecule has 6 heteroatoms. The molecule has 0 amide bonds. The van der Waals surface area contributed by atoms with Crippen LogP contribution in [0.15, 0.2) is 12.1 Å². The molecule has 5 nitrogen and oxygen atoms in total. The van der Waals surface area contributed by atoms with Gasteiger partial charge in [0, 0.05) is 12.5 Å². The van der Waals surface area contributed by atoms with Crippen molar-refractivity contribution in [2.45, 2.75) is 18.9 Å². The molecule has 1 aliphatic rings. The van der Waals surface area contributed by atoms with Crippen LogP contribution >= 0.6 is 0 Å². The van der Waals surface area contributed by atoms with Crippen LogP contribution in [0.2, 0.25) is 0 Å². The number of rotatable bonds is 3. The maximum atomic E-state index is 13.8. The molecular weight excluding hydrogens is 241 g/mol. The van der Waals surface area contributed by atoms with Gasteiger partial charge in [-0.15, -0.1) is 0 Å². The third-order valence-corrected chi connectivity index (χ3v) is 2.65. The molecule has 1 aromatic rings. The standard InChI is InChI=1S/C12H14FNO4/c13-8-4-7(9(14)6-11(15)16)5-10-12(8)18-3-1-2-17-10/h4-5,9H,1-3,6,14H2,(H,15,16). The Morgan fingerprint density at radius 1 is 1.44 bits per heavy atom. The number of fused-ring (bicyclic) bond motifs is 1. The van der Waals surface area contributed by atoms with E-state index in [1.54, 1.807) is 0 Å². The quantitative estimate of drug-likeness (QED) is 0.854. The van der Waals surface area contributed by atoms with Crippen LogP contribution < -0.4 is 15.2 Å². The third-order valence-electron chi connectivity index (χ3n) is 2.65. The maximum Gasteiger partial charge on any atom is 0.305 e. The van der Waals surface area contributed by atoms with Crippen LogP contribution in [0.3, 0.4) is 0 Å². The number of aliphatic carboxylic acids is 1. The van der Waals surface area contributed by atoms with Crippen molar-refractivity contribution < 1.29 is 23.8 Å². The maximum absolute atomic E-state index is 13.8. The molecule has 18 heavy (non-hydrogen) atoms. The highest BCUT2D eigenvalue weighted by atomic mass is 19.1. The second kappa shape index (κ2) is 5.22. The summed E-state index contributed by atoms with van der Waals surface area (Å²) in [6.07, 6.45) is 0.406. The summed E-state index contributed by atoms with van der Waals surface area (Å²) in [5.41, 5.74) is 6.08. The van der Waals surface area contributed by atoms with Crippen molar-refractivity contribution in [1.82, 2.24) is 0 Å². The summed E-state index contributed by atoms with van der Waals surface area (Å²) in [6.45, 7) is 0.828. The number of carboxylic acids is 1. The molecule has 1 unspecified atom stereocenters. The molecule has 2 rings (SSSR count). The summed E-state index contributed by atoms with van der Waals surface area (Å²) in [7, 11) is 0. The topological polar surface area (TPSA) is 81.8 Å². The van der Waals surface area contributed by atoms with Gasteiger partial charge in [0.05, 0.1) is 19.6 Å². The Morgan fingerprint density at radius 3 is 2.89 bits per heavy atom. The smallest absolute Gasteiger partial charge is 0.305 e. The first kappa shape index (κ1) is 12.6. The van der Waals surface area contributed by atoms with Crippen LogP contribution in [0.1, 0.15) is 24.4 Å². The average Bonchev–Trinajstić information content (AvgIpc) is 2.53. The molecule has 98 valence electrons. The van der Waals surface area contributed by atoms with E-state index in [4.69, 9.17) is 20.3 Å². The van der Waals surface area contributed by atoms with Gasteiger partial charge in [-0.1, -0.05) is 0 Å². The van der Waals surface area contributed by atoms with Crippen LogP contribution in [-0.4, -0.2) is 24.3 Å². The van der Waals surface area contributed by atoms with Crippen molar-refractivity contribution in [3.05, 3.63) is 23.5 Å². The van der Waals surface area contributed by atoms with E-state index in [0.717, 1.165) is 0 Å². The van der Waals surface area contributed by atoms with E-state index < -0.39 is 17.8 Å². The number of halogens is 1. The lowest BCUT2D eigenvalue weighted by molar-refractivity contribution is -0.137. The molecular formula is C12H14FNO4. The lowest BCUT2D eigenvalue weighted by atomic mass is 10.0. The normalized spacial score (nSPS) is 15.9. The molecule has 0 aromatic heterocycles. The zero-order chi connectivity index (χ0) is 13.1. The lowest BCUT2D eigenvalue weighted by Gasteiger charge is -2.14. The predicted octanol–water partition coefficient (Wildman–Crippen LogP) is 1.46. The van der Waals surface area contributed by atoms with Gasteiger partial charge >= 0.3 is 5.97 Å². The molecule has 1 atom stereocenters. The zero-order valence-electron chi connectivity index (χ0n) is 9.69. The molecule has 3 N–H and O–H groups in total. The first-order chi connectivity index (χ1) is 8.58. The Morgan fingerprint density at radius 2 is 2.17 bits per heavy atom. The summed E-state index contributed by atoms with van der Waals surface area (Å²) in [6, 6.07) is 1.97. The Labute approximate surface area is 103 Å². The molecule has 0 spiro atoms. The number of carboxylic acid groups (broad SMARTS) is 1. The minimum absolute atomic E-state index is 0.0683. The van der Waals surface area contributed by atoms with Crippen LogP contribution in [0.5, 0.6) is 11.5 Å². The van der Waals surface area contributed by atoms with Crippen LogP contribution in [0.25, 0.3) is 0 Å². The zero-order valence-corrected chi connectivity index (χ0v) is 9.69. The van der Waals surface area contributed by atoms with E-state index in [9.17, 15) is 9.18 Å². The fourth-order valence-corrected chi connectivity index (χ4v) is 1.77. The van der Waals surface area contributed by atoms with Crippen molar-refractivity contribution >= 4 is 5.97 Å². The molecule has 0 saturated carbocycles. The van der Waals surface area contributed by atoms with E-state index in [0.29, 0.717) is 25.2 Å². The predicted molar refractivity (Wildman–Crippen MR) is 61.2 cm³/mol. The number of ether oxygens (including phenoxy) is 2. The van der Waals surface area contributed by atoms with E-state index in [1.807, 2.05) is 0 Å². The monoisotopic (exact) mass is 255 g/mol. The molecule has 1 heterocycles. The fourth-order valence-electron chi connectivity index (χ4n) is 1.77. The first-order valence-electron chi connectivity index (χ1n) is 5.64. The average molecular weight is 255 g/mol. The van der Waals surface area contributed by atoms with Gasteiger partial charge in [0.1, 0.15) is 0 Å². The van der Waals surface area contributed by atoms with Gasteiger partial charge in [0.2, 0.25) is 0 Å². The van der Waals surface area contributed by atoms with Crippen molar-refractivity contribution in [1.29, 1.82) is 0 Å². The first-order valence-corrected chi connectivity index (χ1v) is 5.64. The van der Waals surface area contributed by atoms with Gasteiger partial charge in [0.25, 0.3) is 0 Å². The highest BCUT2D eigenvalue weighted by Gasteiger charge is 2.20. The van der Waals surface area contributed by atoms with Crippen molar-refractivity contribution in [3.63, 3.8) is 0 Å². The van der Waals surface area contributed by atoms with Crippen molar-refractivity contribution in [2.24, 2.45) is 5.73 Å². The number of hydrogen-bond donors (Lipinski definition) is 2. The van der Waals surface area contributed by atoms with Crippen molar-refractivity contribution in [2.75, 3.05) is 13.2 Å². The molecule has 1 aromatic carbocycles.